The number of nitrogens with zero attached hydrogens (tertiary/aromatic N) is 3. The Morgan fingerprint density at radius 1 is 1.14 bits per heavy atom. The molecule has 0 radical (unpaired) electrons. The Hall–Kier alpha value is -2.95. The van der Waals surface area contributed by atoms with Crippen LogP contribution in [0.4, 0.5) is 0 Å². The van der Waals surface area contributed by atoms with Crippen molar-refractivity contribution in [3.8, 4) is 5.69 Å². The van der Waals surface area contributed by atoms with Crippen molar-refractivity contribution in [2.45, 2.75) is 57.4 Å². The van der Waals surface area contributed by atoms with Crippen molar-refractivity contribution < 1.29 is 4.79 Å². The molecule has 0 aliphatic heterocycles. The highest BCUT2D eigenvalue weighted by Gasteiger charge is 2.26. The van der Waals surface area contributed by atoms with Gasteiger partial charge in [0.15, 0.2) is 0 Å². The quantitative estimate of drug-likeness (QED) is 0.664. The zero-order chi connectivity index (χ0) is 19.8. The SMILES string of the molecule is Cc1cccc(C(=O)N[C@H]2CCCCc3nn(-c4ccnc(C5CC5)c4)cc32)c1. The number of aryl methyl sites for hydroxylation is 2. The largest absolute Gasteiger partial charge is 0.345 e. The molecule has 1 fully saturated rings. The summed E-state index contributed by atoms with van der Waals surface area (Å²) in [7, 11) is 0. The summed E-state index contributed by atoms with van der Waals surface area (Å²) in [6, 6.07) is 11.9. The lowest BCUT2D eigenvalue weighted by Crippen LogP contribution is -2.28. The number of benzene rings is 1. The van der Waals surface area contributed by atoms with E-state index in [1.807, 2.05) is 48.1 Å². The summed E-state index contributed by atoms with van der Waals surface area (Å²) in [5.74, 6) is 0.601. The topological polar surface area (TPSA) is 59.8 Å². The van der Waals surface area contributed by atoms with Crippen LogP contribution in [-0.2, 0) is 6.42 Å². The van der Waals surface area contributed by atoms with E-state index in [-0.39, 0.29) is 11.9 Å². The summed E-state index contributed by atoms with van der Waals surface area (Å²) in [4.78, 5) is 17.4. The van der Waals surface area contributed by atoms with Crippen molar-refractivity contribution in [1.82, 2.24) is 20.1 Å². The molecule has 5 heteroatoms. The van der Waals surface area contributed by atoms with E-state index in [4.69, 9.17) is 5.10 Å². The molecule has 1 aromatic carbocycles. The molecule has 1 atom stereocenters. The minimum Gasteiger partial charge on any atom is -0.345 e. The number of nitrogens with one attached hydrogen (secondary N) is 1. The first-order chi connectivity index (χ1) is 14.2. The summed E-state index contributed by atoms with van der Waals surface area (Å²) >= 11 is 0. The van der Waals surface area contributed by atoms with E-state index in [0.717, 1.165) is 53.9 Å². The fourth-order valence-electron chi connectivity index (χ4n) is 4.20. The second kappa shape index (κ2) is 7.47. The van der Waals surface area contributed by atoms with E-state index in [1.54, 1.807) is 0 Å². The van der Waals surface area contributed by atoms with Gasteiger partial charge in [-0.3, -0.25) is 9.78 Å². The first-order valence-electron chi connectivity index (χ1n) is 10.6. The van der Waals surface area contributed by atoms with Crippen LogP contribution in [0.5, 0.6) is 0 Å². The molecule has 0 bridgehead atoms. The maximum absolute atomic E-state index is 12.8. The van der Waals surface area contributed by atoms with Crippen LogP contribution < -0.4 is 5.32 Å². The average Bonchev–Trinajstić information content (AvgIpc) is 3.53. The first-order valence-corrected chi connectivity index (χ1v) is 10.6. The van der Waals surface area contributed by atoms with Gasteiger partial charge in [0.1, 0.15) is 0 Å². The van der Waals surface area contributed by atoms with Crippen LogP contribution in [0.2, 0.25) is 0 Å². The van der Waals surface area contributed by atoms with E-state index in [1.165, 1.54) is 12.8 Å². The van der Waals surface area contributed by atoms with Crippen molar-refractivity contribution in [3.63, 3.8) is 0 Å². The molecule has 29 heavy (non-hydrogen) atoms. The maximum atomic E-state index is 12.8. The lowest BCUT2D eigenvalue weighted by molar-refractivity contribution is 0.0934. The zero-order valence-electron chi connectivity index (χ0n) is 16.8. The maximum Gasteiger partial charge on any atom is 0.251 e. The van der Waals surface area contributed by atoms with Gasteiger partial charge in [-0.05, 0) is 63.3 Å². The number of fused-ring (bicyclic) bond motifs is 1. The molecule has 1 N–H and O–H groups in total. The lowest BCUT2D eigenvalue weighted by Gasteiger charge is -2.17. The minimum atomic E-state index is -0.0146. The predicted octanol–water partition coefficient (Wildman–Crippen LogP) is 4.65. The third kappa shape index (κ3) is 3.82. The van der Waals surface area contributed by atoms with Crippen LogP contribution in [-0.4, -0.2) is 20.7 Å². The van der Waals surface area contributed by atoms with E-state index in [9.17, 15) is 4.79 Å². The van der Waals surface area contributed by atoms with Gasteiger partial charge in [0.05, 0.1) is 17.4 Å². The first kappa shape index (κ1) is 18.1. The minimum absolute atomic E-state index is 0.000924. The summed E-state index contributed by atoms with van der Waals surface area (Å²) in [6.07, 6.45) is 10.6. The highest BCUT2D eigenvalue weighted by atomic mass is 16.1. The summed E-state index contributed by atoms with van der Waals surface area (Å²) < 4.78 is 1.97. The molecule has 2 aromatic heterocycles. The van der Waals surface area contributed by atoms with Gasteiger partial charge in [-0.15, -0.1) is 0 Å². The van der Waals surface area contributed by atoms with Gasteiger partial charge in [-0.25, -0.2) is 4.68 Å². The van der Waals surface area contributed by atoms with Crippen LogP contribution in [0.1, 0.15) is 76.9 Å². The van der Waals surface area contributed by atoms with Crippen molar-refractivity contribution in [2.75, 3.05) is 0 Å². The molecular weight excluding hydrogens is 360 g/mol. The monoisotopic (exact) mass is 386 g/mol. The molecule has 1 saturated carbocycles. The number of carbonyl (C=O) groups is 1. The molecule has 5 rings (SSSR count). The molecule has 0 unspecified atom stereocenters. The van der Waals surface area contributed by atoms with Crippen LogP contribution in [0.3, 0.4) is 0 Å². The number of amides is 1. The zero-order valence-corrected chi connectivity index (χ0v) is 16.8. The molecule has 2 aliphatic rings. The molecule has 5 nitrogen and oxygen atoms in total. The number of rotatable bonds is 4. The Morgan fingerprint density at radius 2 is 2.03 bits per heavy atom. The van der Waals surface area contributed by atoms with Crippen LogP contribution in [0.25, 0.3) is 5.69 Å². The van der Waals surface area contributed by atoms with Gasteiger partial charge in [0.25, 0.3) is 5.91 Å². The van der Waals surface area contributed by atoms with Gasteiger partial charge in [-0.1, -0.05) is 24.1 Å². The second-order valence-corrected chi connectivity index (χ2v) is 8.33. The van der Waals surface area contributed by atoms with Crippen molar-refractivity contribution in [2.24, 2.45) is 0 Å². The molecule has 3 aromatic rings. The number of carbonyl (C=O) groups excluding carboxylic acids is 1. The standard InChI is InChI=1S/C24H26N4O/c1-16-5-4-6-18(13-16)24(29)26-21-7-2-3-8-22-20(21)15-28(27-22)19-11-12-25-23(14-19)17-9-10-17/h4-6,11-15,17,21H,2-3,7-10H2,1H3,(H,26,29)/t21-/m0/s1. The predicted molar refractivity (Wildman–Crippen MR) is 112 cm³/mol. The van der Waals surface area contributed by atoms with Crippen LogP contribution in [0, 0.1) is 6.92 Å². The Labute approximate surface area is 171 Å². The Kier molecular flexibility index (Phi) is 4.66. The van der Waals surface area contributed by atoms with Crippen molar-refractivity contribution >= 4 is 5.91 Å². The molecule has 148 valence electrons. The fourth-order valence-corrected chi connectivity index (χ4v) is 4.20. The van der Waals surface area contributed by atoms with E-state index in [0.29, 0.717) is 11.5 Å². The average molecular weight is 386 g/mol. The lowest BCUT2D eigenvalue weighted by atomic mass is 10.0. The number of hydrogen-bond donors (Lipinski definition) is 1. The molecular formula is C24H26N4O. The fraction of sp³-hybridized carbons (Fsp3) is 0.375. The van der Waals surface area contributed by atoms with Crippen LogP contribution in [0.15, 0.2) is 48.8 Å². The van der Waals surface area contributed by atoms with Crippen LogP contribution >= 0.6 is 0 Å². The summed E-state index contributed by atoms with van der Waals surface area (Å²) in [5.41, 5.74) is 6.27. The second-order valence-electron chi connectivity index (χ2n) is 8.33. The van der Waals surface area contributed by atoms with Crippen molar-refractivity contribution in [1.29, 1.82) is 0 Å². The Balaban J connectivity index is 1.43. The highest BCUT2D eigenvalue weighted by Crippen LogP contribution is 2.39. The Morgan fingerprint density at radius 3 is 2.86 bits per heavy atom. The molecule has 1 amide bonds. The van der Waals surface area contributed by atoms with Gasteiger partial charge in [-0.2, -0.15) is 5.10 Å². The molecule has 2 aliphatic carbocycles. The molecule has 0 spiro atoms. The highest BCUT2D eigenvalue weighted by molar-refractivity contribution is 5.94. The number of pyridine rings is 1. The summed E-state index contributed by atoms with van der Waals surface area (Å²) in [6.45, 7) is 2.01. The normalized spacial score (nSPS) is 18.7. The van der Waals surface area contributed by atoms with E-state index in [2.05, 4.69) is 22.6 Å². The van der Waals surface area contributed by atoms with Gasteiger partial charge < -0.3 is 5.32 Å². The number of hydrogen-bond acceptors (Lipinski definition) is 3. The number of aromatic nitrogens is 3. The third-order valence-electron chi connectivity index (χ3n) is 5.97. The smallest absolute Gasteiger partial charge is 0.251 e. The van der Waals surface area contributed by atoms with E-state index < -0.39 is 0 Å². The molecule has 0 saturated heterocycles. The Bertz CT molecular complexity index is 1050. The summed E-state index contributed by atoms with van der Waals surface area (Å²) in [5, 5.41) is 8.14. The van der Waals surface area contributed by atoms with Crippen molar-refractivity contribution in [3.05, 3.63) is 76.9 Å². The van der Waals surface area contributed by atoms with Gasteiger partial charge in [0, 0.05) is 35.1 Å². The third-order valence-corrected chi connectivity index (χ3v) is 5.97. The molecule has 2 heterocycles. The van der Waals surface area contributed by atoms with E-state index >= 15 is 0 Å². The van der Waals surface area contributed by atoms with Gasteiger partial charge in [0.2, 0.25) is 0 Å². The van der Waals surface area contributed by atoms with Gasteiger partial charge >= 0.3 is 0 Å².